The Morgan fingerprint density at radius 1 is 1.50 bits per heavy atom. The average Bonchev–Trinajstić information content (AvgIpc) is 2.71. The summed E-state index contributed by atoms with van der Waals surface area (Å²) in [6.45, 7) is 4.79. The predicted molar refractivity (Wildman–Crippen MR) is 71.3 cm³/mol. The van der Waals surface area contributed by atoms with Crippen molar-refractivity contribution in [2.45, 2.75) is 58.0 Å². The van der Waals surface area contributed by atoms with Gasteiger partial charge in [-0.25, -0.2) is 0 Å². The molecule has 0 spiro atoms. The summed E-state index contributed by atoms with van der Waals surface area (Å²) < 4.78 is 1.69. The van der Waals surface area contributed by atoms with Crippen molar-refractivity contribution in [1.29, 1.82) is 0 Å². The number of aromatic nitrogens is 2. The number of anilines is 1. The Labute approximate surface area is 108 Å². The first kappa shape index (κ1) is 12.9. The largest absolute Gasteiger partial charge is 0.396 e. The van der Waals surface area contributed by atoms with E-state index in [1.165, 1.54) is 19.3 Å². The summed E-state index contributed by atoms with van der Waals surface area (Å²) >= 11 is 0. The van der Waals surface area contributed by atoms with E-state index in [-0.39, 0.29) is 11.4 Å². The molecule has 0 unspecified atom stereocenters. The minimum Gasteiger partial charge on any atom is -0.396 e. The number of nitrogen functional groups attached to an aromatic ring is 1. The van der Waals surface area contributed by atoms with E-state index in [2.05, 4.69) is 17.3 Å². The molecule has 1 amide bonds. The minimum atomic E-state index is -0.149. The van der Waals surface area contributed by atoms with Gasteiger partial charge in [0.25, 0.3) is 5.91 Å². The van der Waals surface area contributed by atoms with E-state index in [0.717, 1.165) is 19.4 Å². The van der Waals surface area contributed by atoms with Crippen LogP contribution < -0.4 is 11.1 Å². The number of aryl methyl sites for hydroxylation is 1. The molecule has 1 aliphatic rings. The lowest BCUT2D eigenvalue weighted by atomic mass is 9.83. The van der Waals surface area contributed by atoms with E-state index in [4.69, 9.17) is 5.73 Å². The zero-order valence-corrected chi connectivity index (χ0v) is 11.2. The standard InChI is InChI=1S/C13H22N4O/c1-3-17-9-10(14)11(16-17)12(18)15-13(2)7-5-4-6-8-13/h9H,3-8,14H2,1-2H3,(H,15,18). The SMILES string of the molecule is CCn1cc(N)c(C(=O)NC2(C)CCCCC2)n1. The first-order valence-electron chi connectivity index (χ1n) is 6.69. The number of hydrogen-bond acceptors (Lipinski definition) is 3. The van der Waals surface area contributed by atoms with Crippen LogP contribution in [0.15, 0.2) is 6.20 Å². The van der Waals surface area contributed by atoms with Gasteiger partial charge in [0, 0.05) is 18.3 Å². The second kappa shape index (κ2) is 5.00. The number of hydrogen-bond donors (Lipinski definition) is 2. The number of amides is 1. The summed E-state index contributed by atoms with van der Waals surface area (Å²) in [5.41, 5.74) is 6.53. The zero-order valence-electron chi connectivity index (χ0n) is 11.2. The maximum atomic E-state index is 12.2. The highest BCUT2D eigenvalue weighted by molar-refractivity contribution is 5.97. The molecule has 1 saturated carbocycles. The normalized spacial score (nSPS) is 18.6. The molecule has 1 fully saturated rings. The fourth-order valence-corrected chi connectivity index (χ4v) is 2.57. The zero-order chi connectivity index (χ0) is 13.2. The molecule has 1 heterocycles. The molecule has 0 saturated heterocycles. The van der Waals surface area contributed by atoms with Crippen LogP contribution in [0.25, 0.3) is 0 Å². The van der Waals surface area contributed by atoms with E-state index < -0.39 is 0 Å². The van der Waals surface area contributed by atoms with Gasteiger partial charge in [0.2, 0.25) is 0 Å². The van der Waals surface area contributed by atoms with Crippen molar-refractivity contribution in [2.24, 2.45) is 0 Å². The second-order valence-electron chi connectivity index (χ2n) is 5.36. The van der Waals surface area contributed by atoms with Crippen LogP contribution in [0, 0.1) is 0 Å². The highest BCUT2D eigenvalue weighted by Gasteiger charge is 2.30. The molecular formula is C13H22N4O. The summed E-state index contributed by atoms with van der Waals surface area (Å²) in [6, 6.07) is 0. The lowest BCUT2D eigenvalue weighted by molar-refractivity contribution is 0.0877. The van der Waals surface area contributed by atoms with Crippen molar-refractivity contribution < 1.29 is 4.79 Å². The highest BCUT2D eigenvalue weighted by atomic mass is 16.2. The van der Waals surface area contributed by atoms with Crippen LogP contribution in [0.3, 0.4) is 0 Å². The molecule has 2 rings (SSSR count). The summed E-state index contributed by atoms with van der Waals surface area (Å²) in [7, 11) is 0. The Morgan fingerprint density at radius 2 is 2.17 bits per heavy atom. The van der Waals surface area contributed by atoms with Gasteiger partial charge in [-0.2, -0.15) is 5.10 Å². The third kappa shape index (κ3) is 2.66. The second-order valence-corrected chi connectivity index (χ2v) is 5.36. The number of carbonyl (C=O) groups is 1. The monoisotopic (exact) mass is 250 g/mol. The van der Waals surface area contributed by atoms with Crippen LogP contribution >= 0.6 is 0 Å². The Bertz CT molecular complexity index is 432. The van der Waals surface area contributed by atoms with Gasteiger partial charge >= 0.3 is 0 Å². The summed E-state index contributed by atoms with van der Waals surface area (Å²) in [4.78, 5) is 12.2. The van der Waals surface area contributed by atoms with Crippen LogP contribution in [0.5, 0.6) is 0 Å². The lowest BCUT2D eigenvalue weighted by Crippen LogP contribution is -2.47. The van der Waals surface area contributed by atoms with Crippen molar-refractivity contribution in [3.05, 3.63) is 11.9 Å². The smallest absolute Gasteiger partial charge is 0.274 e. The third-order valence-corrected chi connectivity index (χ3v) is 3.70. The molecule has 1 aliphatic carbocycles. The fourth-order valence-electron chi connectivity index (χ4n) is 2.57. The molecule has 0 atom stereocenters. The van der Waals surface area contributed by atoms with Gasteiger partial charge in [0.15, 0.2) is 5.69 Å². The van der Waals surface area contributed by atoms with Crippen LogP contribution in [-0.2, 0) is 6.54 Å². The molecular weight excluding hydrogens is 228 g/mol. The van der Waals surface area contributed by atoms with Gasteiger partial charge < -0.3 is 11.1 Å². The third-order valence-electron chi connectivity index (χ3n) is 3.70. The molecule has 3 N–H and O–H groups in total. The molecule has 5 nitrogen and oxygen atoms in total. The summed E-state index contributed by atoms with van der Waals surface area (Å²) in [5.74, 6) is -0.149. The van der Waals surface area contributed by atoms with E-state index in [1.54, 1.807) is 10.9 Å². The molecule has 18 heavy (non-hydrogen) atoms. The van der Waals surface area contributed by atoms with Crippen molar-refractivity contribution in [3.63, 3.8) is 0 Å². The number of rotatable bonds is 3. The predicted octanol–water partition coefficient (Wildman–Crippen LogP) is 1.94. The molecule has 1 aromatic rings. The molecule has 0 aromatic carbocycles. The van der Waals surface area contributed by atoms with Gasteiger partial charge in [0.1, 0.15) is 0 Å². The van der Waals surface area contributed by atoms with E-state index in [1.807, 2.05) is 6.92 Å². The maximum absolute atomic E-state index is 12.2. The first-order chi connectivity index (χ1) is 8.54. The Hall–Kier alpha value is -1.52. The first-order valence-corrected chi connectivity index (χ1v) is 6.69. The maximum Gasteiger partial charge on any atom is 0.274 e. The molecule has 100 valence electrons. The van der Waals surface area contributed by atoms with Crippen molar-refractivity contribution in [1.82, 2.24) is 15.1 Å². The van der Waals surface area contributed by atoms with E-state index in [9.17, 15) is 4.79 Å². The molecule has 0 radical (unpaired) electrons. The number of nitrogens with one attached hydrogen (secondary N) is 1. The van der Waals surface area contributed by atoms with Gasteiger partial charge in [0.05, 0.1) is 5.69 Å². The summed E-state index contributed by atoms with van der Waals surface area (Å²) in [6.07, 6.45) is 7.39. The Balaban J connectivity index is 2.08. The topological polar surface area (TPSA) is 72.9 Å². The van der Waals surface area contributed by atoms with Gasteiger partial charge in [-0.3, -0.25) is 9.48 Å². The van der Waals surface area contributed by atoms with Crippen LogP contribution in [0.1, 0.15) is 56.4 Å². The van der Waals surface area contributed by atoms with Crippen LogP contribution in [-0.4, -0.2) is 21.2 Å². The van der Waals surface area contributed by atoms with Crippen LogP contribution in [0.4, 0.5) is 5.69 Å². The molecule has 0 aliphatic heterocycles. The molecule has 5 heteroatoms. The molecule has 1 aromatic heterocycles. The Morgan fingerprint density at radius 3 is 2.72 bits per heavy atom. The highest BCUT2D eigenvalue weighted by Crippen LogP contribution is 2.28. The lowest BCUT2D eigenvalue weighted by Gasteiger charge is -2.34. The van der Waals surface area contributed by atoms with Crippen LogP contribution in [0.2, 0.25) is 0 Å². The van der Waals surface area contributed by atoms with Gasteiger partial charge in [-0.05, 0) is 26.7 Å². The molecule has 0 bridgehead atoms. The van der Waals surface area contributed by atoms with Gasteiger partial charge in [-0.15, -0.1) is 0 Å². The van der Waals surface area contributed by atoms with Gasteiger partial charge in [-0.1, -0.05) is 19.3 Å². The number of nitrogens with zero attached hydrogens (tertiary/aromatic N) is 2. The Kier molecular flexibility index (Phi) is 3.59. The van der Waals surface area contributed by atoms with E-state index in [0.29, 0.717) is 11.4 Å². The quantitative estimate of drug-likeness (QED) is 0.861. The van der Waals surface area contributed by atoms with Crippen molar-refractivity contribution in [3.8, 4) is 0 Å². The number of nitrogens with two attached hydrogens (primary N) is 1. The van der Waals surface area contributed by atoms with Crippen molar-refractivity contribution in [2.75, 3.05) is 5.73 Å². The minimum absolute atomic E-state index is 0.0994. The fraction of sp³-hybridized carbons (Fsp3) is 0.692. The summed E-state index contributed by atoms with van der Waals surface area (Å²) in [5, 5.41) is 7.30. The van der Waals surface area contributed by atoms with Crippen molar-refractivity contribution >= 4 is 11.6 Å². The van der Waals surface area contributed by atoms with E-state index >= 15 is 0 Å². The number of carbonyl (C=O) groups excluding carboxylic acids is 1. The average molecular weight is 250 g/mol.